The van der Waals surface area contributed by atoms with Crippen LogP contribution in [0.15, 0.2) is 34.1 Å². The van der Waals surface area contributed by atoms with E-state index < -0.39 is 0 Å². The molecule has 2 rings (SSSR count). The van der Waals surface area contributed by atoms with Gasteiger partial charge in [-0.25, -0.2) is 4.79 Å². The van der Waals surface area contributed by atoms with Crippen LogP contribution in [0.5, 0.6) is 0 Å². The van der Waals surface area contributed by atoms with Crippen LogP contribution in [-0.2, 0) is 28.2 Å². The van der Waals surface area contributed by atoms with Crippen molar-refractivity contribution < 1.29 is 0 Å². The van der Waals surface area contributed by atoms with Gasteiger partial charge in [-0.05, 0) is 18.3 Å². The largest absolute Gasteiger partial charge is 0.330 e. The third-order valence-corrected chi connectivity index (χ3v) is 3.69. The van der Waals surface area contributed by atoms with E-state index in [2.05, 4.69) is 0 Å². The Hall–Kier alpha value is -1.80. The molecule has 2 heterocycles. The molecule has 2 aromatic heterocycles. The third-order valence-electron chi connectivity index (χ3n) is 2.72. The van der Waals surface area contributed by atoms with Crippen molar-refractivity contribution in [1.82, 2.24) is 18.3 Å². The number of hydrogen-bond acceptors (Lipinski definition) is 4. The Kier molecular flexibility index (Phi) is 5.34. The molecule has 0 N–H and O–H groups in total. The van der Waals surface area contributed by atoms with Crippen LogP contribution in [0.2, 0.25) is 0 Å². The van der Waals surface area contributed by atoms with Gasteiger partial charge in [-0.1, -0.05) is 12.2 Å². The lowest BCUT2D eigenvalue weighted by atomic mass is 10.6. The van der Waals surface area contributed by atoms with Crippen LogP contribution in [0.4, 0.5) is 0 Å². The fourth-order valence-corrected chi connectivity index (χ4v) is 1.73. The van der Waals surface area contributed by atoms with E-state index in [0.29, 0.717) is 0 Å². The molecule has 6 nitrogen and oxygen atoms in total. The summed E-state index contributed by atoms with van der Waals surface area (Å²) in [5.74, 6) is 0. The molecule has 0 amide bonds. The van der Waals surface area contributed by atoms with E-state index in [1.54, 1.807) is 11.6 Å². The highest BCUT2D eigenvalue weighted by Gasteiger charge is 1.93. The van der Waals surface area contributed by atoms with Crippen molar-refractivity contribution >= 4 is 24.4 Å². The molecule has 0 saturated carbocycles. The minimum absolute atomic E-state index is 0.275. The van der Waals surface area contributed by atoms with Gasteiger partial charge in [0.2, 0.25) is 0 Å². The Balaban J connectivity index is 0.000000200. The van der Waals surface area contributed by atoms with E-state index in [1.165, 1.54) is 23.9 Å². The summed E-state index contributed by atoms with van der Waals surface area (Å²) in [4.78, 5) is 21.7. The van der Waals surface area contributed by atoms with E-state index in [0.717, 1.165) is 14.0 Å². The minimum Gasteiger partial charge on any atom is -0.328 e. The van der Waals surface area contributed by atoms with Gasteiger partial charge in [-0.3, -0.25) is 9.36 Å². The molecule has 8 heteroatoms. The summed E-state index contributed by atoms with van der Waals surface area (Å²) in [5, 5.41) is 0. The van der Waals surface area contributed by atoms with Crippen molar-refractivity contribution in [2.75, 3.05) is 0 Å². The molecule has 20 heavy (non-hydrogen) atoms. The van der Waals surface area contributed by atoms with Crippen LogP contribution < -0.4 is 11.2 Å². The second-order valence-electron chi connectivity index (χ2n) is 4.21. The summed E-state index contributed by atoms with van der Waals surface area (Å²) in [5.41, 5.74) is -0.574. The van der Waals surface area contributed by atoms with Gasteiger partial charge in [-0.2, -0.15) is 0 Å². The number of hydrogen-bond donors (Lipinski definition) is 0. The Bertz CT molecular complexity index is 771. The molecule has 0 aromatic carbocycles. The van der Waals surface area contributed by atoms with Gasteiger partial charge < -0.3 is 13.7 Å². The Morgan fingerprint density at radius 2 is 1.40 bits per heavy atom. The van der Waals surface area contributed by atoms with E-state index in [4.69, 9.17) is 24.4 Å². The first-order valence-corrected chi connectivity index (χ1v) is 6.52. The molecule has 108 valence electrons. The van der Waals surface area contributed by atoms with Crippen molar-refractivity contribution in [3.63, 3.8) is 0 Å². The average molecular weight is 312 g/mol. The molecular formula is C12H16N4O2S2. The number of aromatic nitrogens is 4. The lowest BCUT2D eigenvalue weighted by Crippen LogP contribution is -2.35. The average Bonchev–Trinajstić information content (AvgIpc) is 2.43. The fraction of sp³-hybridized carbons (Fsp3) is 0.333. The van der Waals surface area contributed by atoms with Gasteiger partial charge in [0.25, 0.3) is 5.56 Å². The second-order valence-corrected chi connectivity index (χ2v) is 5.00. The molecular weight excluding hydrogens is 296 g/mol. The van der Waals surface area contributed by atoms with E-state index in [-0.39, 0.29) is 11.2 Å². The quantitative estimate of drug-likeness (QED) is 0.679. The smallest absolute Gasteiger partial charge is 0.328 e. The van der Waals surface area contributed by atoms with Crippen molar-refractivity contribution in [3.05, 3.63) is 54.8 Å². The standard InChI is InChI=1S/C6H8N2O2.C6H8N2S2/c2*1-7-4-3-5(9)8(2)6(7)10/h2*3-4H,1-2H3. The maximum atomic E-state index is 10.9. The van der Waals surface area contributed by atoms with Crippen LogP contribution in [0.1, 0.15) is 0 Å². The van der Waals surface area contributed by atoms with Gasteiger partial charge >= 0.3 is 5.69 Å². The van der Waals surface area contributed by atoms with Crippen molar-refractivity contribution in [3.8, 4) is 0 Å². The summed E-state index contributed by atoms with van der Waals surface area (Å²) in [7, 11) is 6.81. The summed E-state index contributed by atoms with van der Waals surface area (Å²) in [6.45, 7) is 0. The fourth-order valence-electron chi connectivity index (χ4n) is 1.36. The monoisotopic (exact) mass is 312 g/mol. The summed E-state index contributed by atoms with van der Waals surface area (Å²) in [6, 6.07) is 3.20. The topological polar surface area (TPSA) is 53.9 Å². The van der Waals surface area contributed by atoms with Crippen molar-refractivity contribution in [2.24, 2.45) is 28.2 Å². The van der Waals surface area contributed by atoms with Gasteiger partial charge in [0.1, 0.15) is 4.64 Å². The molecule has 0 bridgehead atoms. The Labute approximate surface area is 126 Å². The van der Waals surface area contributed by atoms with Gasteiger partial charge in [-0.15, -0.1) is 0 Å². The second kappa shape index (κ2) is 6.58. The highest BCUT2D eigenvalue weighted by atomic mass is 32.1. The summed E-state index contributed by atoms with van der Waals surface area (Å²) < 4.78 is 7.56. The predicted octanol–water partition coefficient (Wildman–Crippen LogP) is 0.907. The van der Waals surface area contributed by atoms with E-state index in [9.17, 15) is 9.59 Å². The van der Waals surface area contributed by atoms with Crippen LogP contribution in [0, 0.1) is 9.41 Å². The van der Waals surface area contributed by atoms with Gasteiger partial charge in [0.05, 0.1) is 0 Å². The zero-order chi connectivity index (χ0) is 15.4. The molecule has 0 aliphatic heterocycles. The summed E-state index contributed by atoms with van der Waals surface area (Å²) in [6.07, 6.45) is 3.31. The first-order chi connectivity index (χ1) is 9.25. The van der Waals surface area contributed by atoms with Crippen molar-refractivity contribution in [2.45, 2.75) is 0 Å². The molecule has 0 atom stereocenters. The zero-order valence-electron chi connectivity index (χ0n) is 11.7. The number of nitrogens with zero attached hydrogens (tertiary/aromatic N) is 4. The lowest BCUT2D eigenvalue weighted by molar-refractivity contribution is 0.686. The van der Waals surface area contributed by atoms with Crippen LogP contribution >= 0.6 is 24.4 Å². The normalized spacial score (nSPS) is 9.80. The molecule has 2 aromatic rings. The Morgan fingerprint density at radius 3 is 1.90 bits per heavy atom. The zero-order valence-corrected chi connectivity index (χ0v) is 13.4. The highest BCUT2D eigenvalue weighted by Crippen LogP contribution is 1.92. The van der Waals surface area contributed by atoms with Gasteiger partial charge in [0.15, 0.2) is 4.77 Å². The minimum atomic E-state index is -0.299. The molecule has 0 aliphatic rings. The molecule has 0 aliphatic carbocycles. The first kappa shape index (κ1) is 16.3. The lowest BCUT2D eigenvalue weighted by Gasteiger charge is -2.02. The van der Waals surface area contributed by atoms with Gasteiger partial charge in [0, 0.05) is 46.7 Å². The first-order valence-electron chi connectivity index (χ1n) is 5.71. The number of aryl methyl sites for hydroxylation is 2. The van der Waals surface area contributed by atoms with Crippen LogP contribution in [-0.4, -0.2) is 18.3 Å². The van der Waals surface area contributed by atoms with E-state index >= 15 is 0 Å². The van der Waals surface area contributed by atoms with Crippen LogP contribution in [0.25, 0.3) is 0 Å². The number of rotatable bonds is 0. The maximum absolute atomic E-state index is 10.9. The molecule has 0 unspecified atom stereocenters. The molecule has 0 radical (unpaired) electrons. The highest BCUT2D eigenvalue weighted by molar-refractivity contribution is 7.72. The van der Waals surface area contributed by atoms with Crippen LogP contribution in [0.3, 0.4) is 0 Å². The predicted molar refractivity (Wildman–Crippen MR) is 83.0 cm³/mol. The summed E-state index contributed by atoms with van der Waals surface area (Å²) >= 11 is 10.0. The molecule has 0 spiro atoms. The third kappa shape index (κ3) is 3.61. The maximum Gasteiger partial charge on any atom is 0.330 e. The SMILES string of the molecule is Cn1ccc(=O)n(C)c1=O.Cn1ccc(=S)n(C)c1=S. The Morgan fingerprint density at radius 1 is 0.850 bits per heavy atom. The molecule has 0 saturated heterocycles. The van der Waals surface area contributed by atoms with E-state index in [1.807, 2.05) is 30.9 Å². The molecule has 0 fully saturated rings. The van der Waals surface area contributed by atoms with Crippen molar-refractivity contribution in [1.29, 1.82) is 0 Å².